The van der Waals surface area contributed by atoms with E-state index in [0.29, 0.717) is 13.1 Å². The first-order chi connectivity index (χ1) is 15.1. The van der Waals surface area contributed by atoms with Gasteiger partial charge in [-0.1, -0.05) is 48.5 Å². The van der Waals surface area contributed by atoms with Crippen LogP contribution in [0, 0.1) is 0 Å². The van der Waals surface area contributed by atoms with Crippen molar-refractivity contribution in [2.45, 2.75) is 25.8 Å². The molecule has 1 amide bonds. The first-order valence-corrected chi connectivity index (χ1v) is 10.5. The van der Waals surface area contributed by atoms with Gasteiger partial charge in [0.15, 0.2) is 11.5 Å². The van der Waals surface area contributed by atoms with Gasteiger partial charge in [0.2, 0.25) is 12.7 Å². The molecule has 1 aliphatic rings. The zero-order chi connectivity index (χ0) is 21.6. The Hall–Kier alpha value is -3.47. The highest BCUT2D eigenvalue weighted by atomic mass is 16.7. The molecule has 0 bridgehead atoms. The molecule has 4 rings (SSSR count). The summed E-state index contributed by atoms with van der Waals surface area (Å²) >= 11 is 0. The minimum Gasteiger partial charge on any atom is -0.497 e. The quantitative estimate of drug-likeness (QED) is 0.518. The summed E-state index contributed by atoms with van der Waals surface area (Å²) in [6.07, 6.45) is 0.805. The molecule has 160 valence electrons. The summed E-state index contributed by atoms with van der Waals surface area (Å²) in [5.74, 6) is 2.58. The molecule has 0 saturated heterocycles. The number of ether oxygens (including phenoxy) is 3. The molecule has 0 saturated carbocycles. The van der Waals surface area contributed by atoms with Gasteiger partial charge in [0.1, 0.15) is 5.75 Å². The number of fused-ring (bicyclic) bond motifs is 1. The van der Waals surface area contributed by atoms with Gasteiger partial charge in [0.05, 0.1) is 7.11 Å². The van der Waals surface area contributed by atoms with E-state index in [1.54, 1.807) is 14.0 Å². The van der Waals surface area contributed by atoms with E-state index in [4.69, 9.17) is 14.2 Å². The van der Waals surface area contributed by atoms with Crippen LogP contribution in [-0.4, -0.2) is 31.3 Å². The topological polar surface area (TPSA) is 48.0 Å². The van der Waals surface area contributed by atoms with Gasteiger partial charge in [0.25, 0.3) is 0 Å². The summed E-state index contributed by atoms with van der Waals surface area (Å²) in [5.41, 5.74) is 3.45. The van der Waals surface area contributed by atoms with Crippen LogP contribution in [0.1, 0.15) is 36.0 Å². The predicted octanol–water partition coefficient (Wildman–Crippen LogP) is 4.99. The van der Waals surface area contributed by atoms with Gasteiger partial charge < -0.3 is 19.1 Å². The lowest BCUT2D eigenvalue weighted by Crippen LogP contribution is -2.30. The first-order valence-electron chi connectivity index (χ1n) is 10.5. The van der Waals surface area contributed by atoms with Crippen molar-refractivity contribution in [1.82, 2.24) is 4.90 Å². The molecule has 0 aliphatic carbocycles. The number of carbonyl (C=O) groups is 1. The van der Waals surface area contributed by atoms with E-state index in [1.807, 2.05) is 41.3 Å². The van der Waals surface area contributed by atoms with Crippen molar-refractivity contribution >= 4 is 5.91 Å². The summed E-state index contributed by atoms with van der Waals surface area (Å²) in [6, 6.07) is 24.4. The number of methoxy groups -OCH3 is 1. The number of benzene rings is 3. The van der Waals surface area contributed by atoms with E-state index in [2.05, 4.69) is 36.4 Å². The Balaban J connectivity index is 1.53. The van der Waals surface area contributed by atoms with E-state index < -0.39 is 0 Å². The molecule has 1 heterocycles. The number of carbonyl (C=O) groups excluding carboxylic acids is 1. The summed E-state index contributed by atoms with van der Waals surface area (Å²) < 4.78 is 16.3. The number of rotatable bonds is 8. The Labute approximate surface area is 183 Å². The van der Waals surface area contributed by atoms with Gasteiger partial charge in [-0.3, -0.25) is 4.79 Å². The SMILES string of the molecule is COc1ccc(CN(CCC(c2ccccc2)c2ccc3c(c2)OCO3)C(C)=O)cc1. The van der Waals surface area contributed by atoms with Crippen molar-refractivity contribution in [2.75, 3.05) is 20.4 Å². The Kier molecular flexibility index (Phi) is 6.41. The van der Waals surface area contributed by atoms with Gasteiger partial charge in [-0.25, -0.2) is 0 Å². The summed E-state index contributed by atoms with van der Waals surface area (Å²) in [7, 11) is 1.65. The van der Waals surface area contributed by atoms with E-state index in [9.17, 15) is 4.79 Å². The van der Waals surface area contributed by atoms with E-state index in [0.717, 1.165) is 34.8 Å². The van der Waals surface area contributed by atoms with Crippen LogP contribution < -0.4 is 14.2 Å². The van der Waals surface area contributed by atoms with E-state index >= 15 is 0 Å². The maximum atomic E-state index is 12.4. The molecule has 0 spiro atoms. The Bertz CT molecular complexity index is 1020. The number of hydrogen-bond acceptors (Lipinski definition) is 4. The highest BCUT2D eigenvalue weighted by Gasteiger charge is 2.21. The second kappa shape index (κ2) is 9.56. The zero-order valence-electron chi connectivity index (χ0n) is 17.9. The van der Waals surface area contributed by atoms with Crippen molar-refractivity contribution in [2.24, 2.45) is 0 Å². The lowest BCUT2D eigenvalue weighted by atomic mass is 9.88. The zero-order valence-corrected chi connectivity index (χ0v) is 17.9. The normalized spacial score (nSPS) is 13.0. The molecule has 3 aromatic rings. The molecular weight excluding hydrogens is 390 g/mol. The van der Waals surface area contributed by atoms with Crippen LogP contribution in [-0.2, 0) is 11.3 Å². The molecule has 0 aromatic heterocycles. The lowest BCUT2D eigenvalue weighted by Gasteiger charge is -2.25. The van der Waals surface area contributed by atoms with Crippen LogP contribution in [0.3, 0.4) is 0 Å². The minimum absolute atomic E-state index is 0.0633. The summed E-state index contributed by atoms with van der Waals surface area (Å²) in [5, 5.41) is 0. The minimum atomic E-state index is 0.0633. The Morgan fingerprint density at radius 2 is 1.71 bits per heavy atom. The monoisotopic (exact) mass is 417 g/mol. The maximum absolute atomic E-state index is 12.4. The third-order valence-corrected chi connectivity index (χ3v) is 5.67. The van der Waals surface area contributed by atoms with Crippen molar-refractivity contribution in [3.63, 3.8) is 0 Å². The van der Waals surface area contributed by atoms with Crippen LogP contribution in [0.25, 0.3) is 0 Å². The summed E-state index contributed by atoms with van der Waals surface area (Å²) in [6.45, 7) is 3.10. The molecule has 0 radical (unpaired) electrons. The second-order valence-corrected chi connectivity index (χ2v) is 7.65. The fourth-order valence-corrected chi connectivity index (χ4v) is 3.93. The van der Waals surface area contributed by atoms with Crippen LogP contribution in [0.15, 0.2) is 72.8 Å². The smallest absolute Gasteiger partial charge is 0.231 e. The predicted molar refractivity (Wildman–Crippen MR) is 120 cm³/mol. The molecule has 31 heavy (non-hydrogen) atoms. The first kappa shape index (κ1) is 20.8. The van der Waals surface area contributed by atoms with Gasteiger partial charge in [0, 0.05) is 25.9 Å². The molecule has 0 N–H and O–H groups in total. The molecular formula is C26H27NO4. The van der Waals surface area contributed by atoms with Gasteiger partial charge in [-0.15, -0.1) is 0 Å². The van der Waals surface area contributed by atoms with E-state index in [1.165, 1.54) is 5.56 Å². The average molecular weight is 418 g/mol. The Morgan fingerprint density at radius 3 is 2.42 bits per heavy atom. The highest BCUT2D eigenvalue weighted by Crippen LogP contribution is 2.37. The number of nitrogens with zero attached hydrogens (tertiary/aromatic N) is 1. The summed E-state index contributed by atoms with van der Waals surface area (Å²) in [4.78, 5) is 14.3. The second-order valence-electron chi connectivity index (χ2n) is 7.65. The number of hydrogen-bond donors (Lipinski definition) is 0. The van der Waals surface area contributed by atoms with Crippen molar-refractivity contribution in [1.29, 1.82) is 0 Å². The maximum Gasteiger partial charge on any atom is 0.231 e. The molecule has 5 heteroatoms. The van der Waals surface area contributed by atoms with Crippen molar-refractivity contribution in [3.8, 4) is 17.2 Å². The van der Waals surface area contributed by atoms with Crippen LogP contribution >= 0.6 is 0 Å². The van der Waals surface area contributed by atoms with Crippen LogP contribution in [0.4, 0.5) is 0 Å². The third-order valence-electron chi connectivity index (χ3n) is 5.67. The standard InChI is InChI=1S/C26H27NO4/c1-19(28)27(17-20-8-11-23(29-2)12-9-20)15-14-24(21-6-4-3-5-7-21)22-10-13-25-26(16-22)31-18-30-25/h3-13,16,24H,14-15,17-18H2,1-2H3. The molecule has 5 nitrogen and oxygen atoms in total. The average Bonchev–Trinajstić information content (AvgIpc) is 3.27. The van der Waals surface area contributed by atoms with Gasteiger partial charge in [-0.05, 0) is 47.4 Å². The van der Waals surface area contributed by atoms with Gasteiger partial charge >= 0.3 is 0 Å². The van der Waals surface area contributed by atoms with Gasteiger partial charge in [-0.2, -0.15) is 0 Å². The highest BCUT2D eigenvalue weighted by molar-refractivity contribution is 5.73. The fraction of sp³-hybridized carbons (Fsp3) is 0.269. The molecule has 1 aliphatic heterocycles. The molecule has 1 atom stereocenters. The largest absolute Gasteiger partial charge is 0.497 e. The Morgan fingerprint density at radius 1 is 0.968 bits per heavy atom. The van der Waals surface area contributed by atoms with Crippen molar-refractivity contribution in [3.05, 3.63) is 89.5 Å². The fourth-order valence-electron chi connectivity index (χ4n) is 3.93. The lowest BCUT2D eigenvalue weighted by molar-refractivity contribution is -0.129. The van der Waals surface area contributed by atoms with Crippen LogP contribution in [0.2, 0.25) is 0 Å². The molecule has 3 aromatic carbocycles. The van der Waals surface area contributed by atoms with Crippen molar-refractivity contribution < 1.29 is 19.0 Å². The third kappa shape index (κ3) is 5.00. The molecule has 1 unspecified atom stereocenters. The van der Waals surface area contributed by atoms with E-state index in [-0.39, 0.29) is 18.6 Å². The molecule has 0 fully saturated rings. The number of amides is 1. The van der Waals surface area contributed by atoms with Crippen LogP contribution in [0.5, 0.6) is 17.2 Å².